The van der Waals surface area contributed by atoms with Gasteiger partial charge in [0.2, 0.25) is 0 Å². The van der Waals surface area contributed by atoms with Gasteiger partial charge in [-0.25, -0.2) is 4.79 Å². The van der Waals surface area contributed by atoms with E-state index in [9.17, 15) is 19.2 Å². The summed E-state index contributed by atoms with van der Waals surface area (Å²) in [5.74, 6) is -1.35. The van der Waals surface area contributed by atoms with Gasteiger partial charge in [-0.05, 0) is 12.3 Å². The quantitative estimate of drug-likeness (QED) is 0.524. The van der Waals surface area contributed by atoms with E-state index in [1.165, 1.54) is 11.3 Å². The molecule has 0 spiro atoms. The molecule has 0 radical (unpaired) electrons. The number of nitrogens with zero attached hydrogens (tertiary/aromatic N) is 2. The van der Waals surface area contributed by atoms with E-state index >= 15 is 0 Å². The van der Waals surface area contributed by atoms with E-state index < -0.39 is 30.4 Å². The second kappa shape index (κ2) is 10.9. The highest BCUT2D eigenvalue weighted by Crippen LogP contribution is 2.27. The number of amides is 2. The molecule has 1 saturated carbocycles. The summed E-state index contributed by atoms with van der Waals surface area (Å²) in [4.78, 5) is 53.9. The average molecular weight is 384 g/mol. The smallest absolute Gasteiger partial charge is 0.434 e. The number of aliphatic carboxylic acids is 1. The molecule has 1 aliphatic heterocycles. The Morgan fingerprint density at radius 3 is 2.44 bits per heavy atom. The van der Waals surface area contributed by atoms with Crippen molar-refractivity contribution in [2.45, 2.75) is 57.4 Å². The lowest BCUT2D eigenvalue weighted by Crippen LogP contribution is -2.49. The molecule has 1 N–H and O–H groups in total. The van der Waals surface area contributed by atoms with Crippen molar-refractivity contribution in [2.24, 2.45) is 5.92 Å². The first-order valence-electron chi connectivity index (χ1n) is 9.55. The van der Waals surface area contributed by atoms with Gasteiger partial charge in [0.15, 0.2) is 0 Å². The fourth-order valence-electron chi connectivity index (χ4n) is 3.47. The van der Waals surface area contributed by atoms with E-state index in [4.69, 9.17) is 14.7 Å². The van der Waals surface area contributed by atoms with Crippen LogP contribution in [-0.4, -0.2) is 71.7 Å². The Labute approximate surface area is 158 Å². The summed E-state index contributed by atoms with van der Waals surface area (Å²) in [5, 5.41) is 9.65. The van der Waals surface area contributed by atoms with E-state index in [0.717, 1.165) is 25.7 Å². The average Bonchev–Trinajstić information content (AvgIpc) is 2.69. The van der Waals surface area contributed by atoms with Crippen LogP contribution in [-0.2, 0) is 24.0 Å². The zero-order chi connectivity index (χ0) is 19.6. The summed E-state index contributed by atoms with van der Waals surface area (Å²) in [6, 6.07) is -1.34. The van der Waals surface area contributed by atoms with Crippen molar-refractivity contribution in [1.29, 1.82) is 0 Å². The third-order valence-corrected chi connectivity index (χ3v) is 5.02. The number of carbonyl (C=O) groups is 4. The lowest BCUT2D eigenvalue weighted by atomic mass is 9.86. The summed E-state index contributed by atoms with van der Waals surface area (Å²) in [7, 11) is 0. The number of carbonyl (C=O) groups excluding carboxylic acids is 3. The highest BCUT2D eigenvalue weighted by atomic mass is 16.7. The van der Waals surface area contributed by atoms with Crippen LogP contribution in [0, 0.1) is 5.92 Å². The van der Waals surface area contributed by atoms with Crippen LogP contribution in [0.2, 0.25) is 0 Å². The normalized spacial score (nSPS) is 19.2. The predicted molar refractivity (Wildman–Crippen MR) is 93.6 cm³/mol. The molecule has 1 atom stereocenters. The zero-order valence-corrected chi connectivity index (χ0v) is 15.5. The molecule has 0 aromatic carbocycles. The van der Waals surface area contributed by atoms with Gasteiger partial charge in [0.1, 0.15) is 12.3 Å². The maximum atomic E-state index is 12.6. The predicted octanol–water partition coefficient (Wildman–Crippen LogP) is 1.60. The van der Waals surface area contributed by atoms with Crippen molar-refractivity contribution < 1.29 is 33.9 Å². The summed E-state index contributed by atoms with van der Waals surface area (Å²) in [5.41, 5.74) is 0. The first-order valence-corrected chi connectivity index (χ1v) is 9.55. The van der Waals surface area contributed by atoms with Crippen LogP contribution in [0.15, 0.2) is 0 Å². The minimum absolute atomic E-state index is 0.116. The van der Waals surface area contributed by atoms with Crippen LogP contribution in [0.3, 0.4) is 0 Å². The van der Waals surface area contributed by atoms with Gasteiger partial charge in [-0.15, -0.1) is 0 Å². The van der Waals surface area contributed by atoms with Crippen LogP contribution in [0.5, 0.6) is 0 Å². The Morgan fingerprint density at radius 1 is 1.19 bits per heavy atom. The fraction of sp³-hybridized carbons (Fsp3) is 0.778. The number of morpholine rings is 1. The van der Waals surface area contributed by atoms with Crippen molar-refractivity contribution in [3.05, 3.63) is 0 Å². The molecular weight excluding hydrogens is 356 g/mol. The highest BCUT2D eigenvalue weighted by Gasteiger charge is 2.32. The fourth-order valence-corrected chi connectivity index (χ4v) is 3.47. The van der Waals surface area contributed by atoms with Gasteiger partial charge in [-0.2, -0.15) is 5.06 Å². The number of aldehydes is 1. The Bertz CT molecular complexity index is 528. The Morgan fingerprint density at radius 2 is 1.85 bits per heavy atom. The zero-order valence-electron chi connectivity index (χ0n) is 15.5. The maximum Gasteiger partial charge on any atom is 0.434 e. The number of rotatable bonds is 7. The SMILES string of the molecule is O=C[C@H](CC(=O)O)N(OC(=O)N1CCOCC1)C(=O)CCC1CCCCC1. The summed E-state index contributed by atoms with van der Waals surface area (Å²) >= 11 is 0. The molecule has 1 heterocycles. The van der Waals surface area contributed by atoms with Crippen molar-refractivity contribution in [3.63, 3.8) is 0 Å². The van der Waals surface area contributed by atoms with Crippen molar-refractivity contribution in [1.82, 2.24) is 9.96 Å². The number of carboxylic acids is 1. The number of carboxylic acid groups (broad SMARTS) is 1. The molecule has 2 amide bonds. The van der Waals surface area contributed by atoms with Gasteiger partial charge >= 0.3 is 12.1 Å². The van der Waals surface area contributed by atoms with Gasteiger partial charge in [-0.3, -0.25) is 9.59 Å². The van der Waals surface area contributed by atoms with E-state index in [0.29, 0.717) is 50.0 Å². The van der Waals surface area contributed by atoms with Crippen LogP contribution < -0.4 is 0 Å². The van der Waals surface area contributed by atoms with Gasteiger partial charge in [0, 0.05) is 19.5 Å². The van der Waals surface area contributed by atoms with Crippen LogP contribution in [0.1, 0.15) is 51.4 Å². The number of hydrogen-bond acceptors (Lipinski definition) is 6. The Kier molecular flexibility index (Phi) is 8.50. The van der Waals surface area contributed by atoms with Crippen molar-refractivity contribution in [2.75, 3.05) is 26.3 Å². The van der Waals surface area contributed by atoms with E-state index in [2.05, 4.69) is 0 Å². The standard InChI is InChI=1S/C18H28N2O7/c21-13-15(12-17(23)24)20(27-18(25)19-8-10-26-11-9-19)16(22)7-6-14-4-2-1-3-5-14/h13-15H,1-12H2,(H,23,24)/t15-/m0/s1. The summed E-state index contributed by atoms with van der Waals surface area (Å²) in [6.07, 6.45) is 5.32. The molecular formula is C18H28N2O7. The molecule has 0 bridgehead atoms. The lowest BCUT2D eigenvalue weighted by molar-refractivity contribution is -0.183. The largest absolute Gasteiger partial charge is 0.481 e. The van der Waals surface area contributed by atoms with Crippen LogP contribution >= 0.6 is 0 Å². The molecule has 1 aliphatic carbocycles. The van der Waals surface area contributed by atoms with Gasteiger partial charge < -0.3 is 24.4 Å². The van der Waals surface area contributed by atoms with E-state index in [1.807, 2.05) is 0 Å². The monoisotopic (exact) mass is 384 g/mol. The molecule has 27 heavy (non-hydrogen) atoms. The molecule has 9 nitrogen and oxygen atoms in total. The number of hydrogen-bond donors (Lipinski definition) is 1. The first-order chi connectivity index (χ1) is 13.0. The Balaban J connectivity index is 2.00. The van der Waals surface area contributed by atoms with Crippen LogP contribution in [0.25, 0.3) is 0 Å². The second-order valence-electron chi connectivity index (χ2n) is 7.02. The van der Waals surface area contributed by atoms with E-state index in [1.54, 1.807) is 0 Å². The molecule has 2 rings (SSSR count). The topological polar surface area (TPSA) is 113 Å². The lowest BCUT2D eigenvalue weighted by Gasteiger charge is -2.31. The summed E-state index contributed by atoms with van der Waals surface area (Å²) in [6.45, 7) is 1.34. The third-order valence-electron chi connectivity index (χ3n) is 5.02. The first kappa shape index (κ1) is 21.1. The maximum absolute atomic E-state index is 12.6. The number of ether oxygens (including phenoxy) is 1. The molecule has 2 fully saturated rings. The Hall–Kier alpha value is -2.16. The third kappa shape index (κ3) is 6.82. The van der Waals surface area contributed by atoms with Crippen molar-refractivity contribution in [3.8, 4) is 0 Å². The summed E-state index contributed by atoms with van der Waals surface area (Å²) < 4.78 is 5.17. The minimum Gasteiger partial charge on any atom is -0.481 e. The van der Waals surface area contributed by atoms with Gasteiger partial charge in [0.25, 0.3) is 5.91 Å². The van der Waals surface area contributed by atoms with Gasteiger partial charge in [0.05, 0.1) is 19.6 Å². The molecule has 0 unspecified atom stereocenters. The molecule has 0 aromatic heterocycles. The number of hydroxylamine groups is 2. The van der Waals surface area contributed by atoms with Crippen molar-refractivity contribution >= 4 is 24.3 Å². The van der Waals surface area contributed by atoms with E-state index in [-0.39, 0.29) is 6.42 Å². The molecule has 9 heteroatoms. The highest BCUT2D eigenvalue weighted by molar-refractivity contribution is 5.83. The van der Waals surface area contributed by atoms with Crippen LogP contribution in [0.4, 0.5) is 4.79 Å². The molecule has 152 valence electrons. The molecule has 0 aromatic rings. The molecule has 2 aliphatic rings. The molecule has 1 saturated heterocycles. The van der Waals surface area contributed by atoms with Gasteiger partial charge in [-0.1, -0.05) is 32.1 Å². The minimum atomic E-state index is -1.34. The second-order valence-corrected chi connectivity index (χ2v) is 7.02.